The Bertz CT molecular complexity index is 429. The summed E-state index contributed by atoms with van der Waals surface area (Å²) >= 11 is 0. The van der Waals surface area contributed by atoms with E-state index in [0.29, 0.717) is 19.6 Å². The third-order valence-corrected chi connectivity index (χ3v) is 3.75. The van der Waals surface area contributed by atoms with Crippen molar-refractivity contribution in [3.05, 3.63) is 35.4 Å². The van der Waals surface area contributed by atoms with Gasteiger partial charge in [-0.15, -0.1) is 0 Å². The first-order valence-electron chi connectivity index (χ1n) is 7.40. The molecule has 4 nitrogen and oxygen atoms in total. The predicted molar refractivity (Wildman–Crippen MR) is 79.3 cm³/mol. The summed E-state index contributed by atoms with van der Waals surface area (Å²) in [6.07, 6.45) is 2.76. The van der Waals surface area contributed by atoms with Crippen LogP contribution in [0, 0.1) is 0 Å². The highest BCUT2D eigenvalue weighted by Gasteiger charge is 2.23. The number of piperidine rings is 1. The molecule has 110 valence electrons. The molecule has 0 bridgehead atoms. The first-order valence-corrected chi connectivity index (χ1v) is 7.40. The van der Waals surface area contributed by atoms with Crippen LogP contribution in [0.15, 0.2) is 24.3 Å². The third-order valence-electron chi connectivity index (χ3n) is 3.75. The Hall–Kier alpha value is -1.39. The summed E-state index contributed by atoms with van der Waals surface area (Å²) in [7, 11) is 0. The molecular weight excluding hydrogens is 252 g/mol. The van der Waals surface area contributed by atoms with Crippen LogP contribution in [0.1, 0.15) is 30.9 Å². The van der Waals surface area contributed by atoms with E-state index in [-0.39, 0.29) is 12.0 Å². The van der Waals surface area contributed by atoms with Crippen LogP contribution in [-0.4, -0.2) is 36.6 Å². The lowest BCUT2D eigenvalue weighted by Crippen LogP contribution is -2.43. The normalized spacial score (nSPS) is 19.1. The molecule has 1 saturated heterocycles. The number of benzene rings is 1. The topological polar surface area (TPSA) is 55.6 Å². The van der Waals surface area contributed by atoms with Gasteiger partial charge in [-0.05, 0) is 30.9 Å². The zero-order valence-electron chi connectivity index (χ0n) is 12.2. The minimum Gasteiger partial charge on any atom is -0.377 e. The molecule has 20 heavy (non-hydrogen) atoms. The van der Waals surface area contributed by atoms with E-state index in [1.807, 2.05) is 36.1 Å². The second-order valence-electron chi connectivity index (χ2n) is 5.26. The molecular formula is C16H24N2O2. The van der Waals surface area contributed by atoms with Crippen molar-refractivity contribution in [2.45, 2.75) is 38.8 Å². The Morgan fingerprint density at radius 3 is 2.70 bits per heavy atom. The lowest BCUT2D eigenvalue weighted by Gasteiger charge is -2.32. The van der Waals surface area contributed by atoms with Crippen molar-refractivity contribution < 1.29 is 9.53 Å². The standard InChI is InChI=1S/C16H24N2O2/c1-2-20-15-4-3-9-18(12-15)16(19)10-13-5-7-14(11-17)8-6-13/h5-8,15H,2-4,9-12,17H2,1H3. The fourth-order valence-electron chi connectivity index (χ4n) is 2.62. The second-order valence-corrected chi connectivity index (χ2v) is 5.26. The van der Waals surface area contributed by atoms with Gasteiger partial charge in [0, 0.05) is 26.2 Å². The SMILES string of the molecule is CCOC1CCCN(C(=O)Cc2ccc(CN)cc2)C1. The maximum Gasteiger partial charge on any atom is 0.227 e. The van der Waals surface area contributed by atoms with Crippen LogP contribution in [0.25, 0.3) is 0 Å². The van der Waals surface area contributed by atoms with Crippen molar-refractivity contribution in [1.82, 2.24) is 4.90 Å². The number of nitrogens with two attached hydrogens (primary N) is 1. The Morgan fingerprint density at radius 2 is 2.05 bits per heavy atom. The van der Waals surface area contributed by atoms with E-state index in [1.165, 1.54) is 0 Å². The van der Waals surface area contributed by atoms with Crippen LogP contribution in [0.4, 0.5) is 0 Å². The van der Waals surface area contributed by atoms with Crippen LogP contribution in [0.2, 0.25) is 0 Å². The predicted octanol–water partition coefficient (Wildman–Crippen LogP) is 1.72. The van der Waals surface area contributed by atoms with Crippen LogP contribution < -0.4 is 5.73 Å². The zero-order valence-corrected chi connectivity index (χ0v) is 12.2. The summed E-state index contributed by atoms with van der Waals surface area (Å²) in [5.41, 5.74) is 7.71. The van der Waals surface area contributed by atoms with Crippen LogP contribution >= 0.6 is 0 Å². The van der Waals surface area contributed by atoms with Gasteiger partial charge in [-0.2, -0.15) is 0 Å². The van der Waals surface area contributed by atoms with Gasteiger partial charge in [0.1, 0.15) is 0 Å². The van der Waals surface area contributed by atoms with Crippen LogP contribution in [-0.2, 0) is 22.5 Å². The Balaban J connectivity index is 1.89. The van der Waals surface area contributed by atoms with Gasteiger partial charge in [0.05, 0.1) is 12.5 Å². The highest BCUT2D eigenvalue weighted by atomic mass is 16.5. The van der Waals surface area contributed by atoms with Gasteiger partial charge in [-0.3, -0.25) is 4.79 Å². The van der Waals surface area contributed by atoms with Crippen LogP contribution in [0.5, 0.6) is 0 Å². The molecule has 2 rings (SSSR count). The van der Waals surface area contributed by atoms with Gasteiger partial charge < -0.3 is 15.4 Å². The summed E-state index contributed by atoms with van der Waals surface area (Å²) in [6, 6.07) is 7.96. The Labute approximate surface area is 120 Å². The lowest BCUT2D eigenvalue weighted by molar-refractivity contribution is -0.134. The molecule has 1 amide bonds. The van der Waals surface area contributed by atoms with Crippen molar-refractivity contribution in [3.63, 3.8) is 0 Å². The summed E-state index contributed by atoms with van der Waals surface area (Å²) in [4.78, 5) is 14.2. The van der Waals surface area contributed by atoms with Crippen molar-refractivity contribution in [1.29, 1.82) is 0 Å². The highest BCUT2D eigenvalue weighted by Crippen LogP contribution is 2.15. The summed E-state index contributed by atoms with van der Waals surface area (Å²) in [6.45, 7) is 4.83. The molecule has 1 aliphatic rings. The maximum atomic E-state index is 12.3. The fourth-order valence-corrected chi connectivity index (χ4v) is 2.62. The molecule has 2 N–H and O–H groups in total. The largest absolute Gasteiger partial charge is 0.377 e. The molecule has 1 fully saturated rings. The molecule has 1 heterocycles. The zero-order chi connectivity index (χ0) is 14.4. The van der Waals surface area contributed by atoms with Crippen molar-refractivity contribution in [2.75, 3.05) is 19.7 Å². The van der Waals surface area contributed by atoms with Gasteiger partial charge in [0.15, 0.2) is 0 Å². The number of carbonyl (C=O) groups excluding carboxylic acids is 1. The molecule has 0 spiro atoms. The molecule has 0 aromatic heterocycles. The number of nitrogens with zero attached hydrogens (tertiary/aromatic N) is 1. The van der Waals surface area contributed by atoms with E-state index in [0.717, 1.165) is 37.1 Å². The van der Waals surface area contributed by atoms with Gasteiger partial charge in [-0.1, -0.05) is 24.3 Å². The monoisotopic (exact) mass is 276 g/mol. The second kappa shape index (κ2) is 7.41. The number of likely N-dealkylation sites (tertiary alicyclic amines) is 1. The van der Waals surface area contributed by atoms with Crippen molar-refractivity contribution in [2.24, 2.45) is 5.73 Å². The molecule has 1 atom stereocenters. The van der Waals surface area contributed by atoms with Crippen molar-refractivity contribution >= 4 is 5.91 Å². The number of hydrogen-bond donors (Lipinski definition) is 1. The number of ether oxygens (including phenoxy) is 1. The average molecular weight is 276 g/mol. The minimum absolute atomic E-state index is 0.190. The molecule has 0 radical (unpaired) electrons. The number of rotatable bonds is 5. The van der Waals surface area contributed by atoms with Crippen molar-refractivity contribution in [3.8, 4) is 0 Å². The van der Waals surface area contributed by atoms with E-state index in [9.17, 15) is 4.79 Å². The molecule has 0 saturated carbocycles. The van der Waals surface area contributed by atoms with E-state index in [4.69, 9.17) is 10.5 Å². The number of carbonyl (C=O) groups is 1. The minimum atomic E-state index is 0.190. The Kier molecular flexibility index (Phi) is 5.56. The van der Waals surface area contributed by atoms with E-state index in [1.54, 1.807) is 0 Å². The Morgan fingerprint density at radius 1 is 1.35 bits per heavy atom. The van der Waals surface area contributed by atoms with E-state index >= 15 is 0 Å². The quantitative estimate of drug-likeness (QED) is 0.891. The van der Waals surface area contributed by atoms with Gasteiger partial charge in [0.2, 0.25) is 5.91 Å². The highest BCUT2D eigenvalue weighted by molar-refractivity contribution is 5.78. The fraction of sp³-hybridized carbons (Fsp3) is 0.562. The summed E-state index contributed by atoms with van der Waals surface area (Å²) < 4.78 is 5.64. The van der Waals surface area contributed by atoms with Gasteiger partial charge >= 0.3 is 0 Å². The molecule has 0 aliphatic carbocycles. The average Bonchev–Trinajstić information content (AvgIpc) is 2.48. The lowest BCUT2D eigenvalue weighted by atomic mass is 10.1. The summed E-state index contributed by atoms with van der Waals surface area (Å²) in [5, 5.41) is 0. The van der Waals surface area contributed by atoms with Crippen LogP contribution in [0.3, 0.4) is 0 Å². The molecule has 1 unspecified atom stereocenters. The first kappa shape index (κ1) is 15.0. The number of hydrogen-bond acceptors (Lipinski definition) is 3. The molecule has 4 heteroatoms. The molecule has 1 aromatic carbocycles. The smallest absolute Gasteiger partial charge is 0.227 e. The van der Waals surface area contributed by atoms with Gasteiger partial charge in [-0.25, -0.2) is 0 Å². The van der Waals surface area contributed by atoms with E-state index < -0.39 is 0 Å². The number of amides is 1. The summed E-state index contributed by atoms with van der Waals surface area (Å²) in [5.74, 6) is 0.190. The first-order chi connectivity index (χ1) is 9.72. The molecule has 1 aliphatic heterocycles. The van der Waals surface area contributed by atoms with Gasteiger partial charge in [0.25, 0.3) is 0 Å². The maximum absolute atomic E-state index is 12.3. The van der Waals surface area contributed by atoms with E-state index in [2.05, 4.69) is 0 Å². The molecule has 1 aromatic rings. The third kappa shape index (κ3) is 4.05.